The summed E-state index contributed by atoms with van der Waals surface area (Å²) in [6, 6.07) is 12.1. The predicted octanol–water partition coefficient (Wildman–Crippen LogP) is 4.01. The number of benzene rings is 2. The van der Waals surface area contributed by atoms with E-state index < -0.39 is 0 Å². The fraction of sp³-hybridized carbons (Fsp3) is 0.235. The Morgan fingerprint density at radius 2 is 1.86 bits per heavy atom. The first-order chi connectivity index (χ1) is 10.5. The van der Waals surface area contributed by atoms with Gasteiger partial charge in [0.05, 0.1) is 12.7 Å². The molecule has 0 atom stereocenters. The molecule has 0 aromatic heterocycles. The van der Waals surface area contributed by atoms with Crippen LogP contribution in [0.1, 0.15) is 21.5 Å². The van der Waals surface area contributed by atoms with Gasteiger partial charge in [0.2, 0.25) is 0 Å². The van der Waals surface area contributed by atoms with E-state index in [4.69, 9.17) is 0 Å². The summed E-state index contributed by atoms with van der Waals surface area (Å²) >= 11 is 3.35. The quantitative estimate of drug-likeness (QED) is 0.749. The minimum absolute atomic E-state index is 0.212. The highest BCUT2D eigenvalue weighted by atomic mass is 79.9. The molecule has 0 N–H and O–H groups in total. The van der Waals surface area contributed by atoms with Crippen molar-refractivity contribution < 1.29 is 13.9 Å². The number of carbonyl (C=O) groups excluding carboxylic acids is 1. The summed E-state index contributed by atoms with van der Waals surface area (Å²) in [7, 11) is 3.28. The van der Waals surface area contributed by atoms with E-state index in [2.05, 4.69) is 20.7 Å². The Morgan fingerprint density at radius 1 is 1.18 bits per heavy atom. The lowest BCUT2D eigenvalue weighted by Gasteiger charge is -2.17. The molecule has 0 amide bonds. The number of hydrogen-bond donors (Lipinski definition) is 0. The molecule has 2 aromatic carbocycles. The first-order valence-corrected chi connectivity index (χ1v) is 7.58. The monoisotopic (exact) mass is 365 g/mol. The molecule has 0 bridgehead atoms. The molecular weight excluding hydrogens is 349 g/mol. The molecule has 0 saturated heterocycles. The third-order valence-electron chi connectivity index (χ3n) is 3.28. The number of carbonyl (C=O) groups is 1. The molecule has 116 valence electrons. The zero-order chi connectivity index (χ0) is 16.1. The lowest BCUT2D eigenvalue weighted by atomic mass is 10.1. The van der Waals surface area contributed by atoms with Crippen molar-refractivity contribution in [2.45, 2.75) is 13.1 Å². The van der Waals surface area contributed by atoms with Gasteiger partial charge in [-0.1, -0.05) is 28.1 Å². The zero-order valence-electron chi connectivity index (χ0n) is 12.5. The van der Waals surface area contributed by atoms with Crippen LogP contribution in [0.5, 0.6) is 0 Å². The molecule has 0 radical (unpaired) electrons. The SMILES string of the molecule is COC(=O)c1ccc(CN(C)Cc2cc(Br)ccc2F)cc1. The van der Waals surface area contributed by atoms with Crippen LogP contribution in [0.2, 0.25) is 0 Å². The second-order valence-corrected chi connectivity index (χ2v) is 6.01. The minimum Gasteiger partial charge on any atom is -0.465 e. The average molecular weight is 366 g/mol. The second-order valence-electron chi connectivity index (χ2n) is 5.10. The van der Waals surface area contributed by atoms with E-state index in [9.17, 15) is 9.18 Å². The highest BCUT2D eigenvalue weighted by Gasteiger charge is 2.08. The van der Waals surface area contributed by atoms with Crippen LogP contribution in [-0.2, 0) is 17.8 Å². The van der Waals surface area contributed by atoms with Gasteiger partial charge in [0.15, 0.2) is 0 Å². The number of rotatable bonds is 5. The molecular formula is C17H17BrFNO2. The number of hydrogen-bond acceptors (Lipinski definition) is 3. The third kappa shape index (κ3) is 4.39. The van der Waals surface area contributed by atoms with E-state index in [1.165, 1.54) is 13.2 Å². The summed E-state index contributed by atoms with van der Waals surface area (Å²) < 4.78 is 19.3. The highest BCUT2D eigenvalue weighted by Crippen LogP contribution is 2.18. The number of nitrogens with zero attached hydrogens (tertiary/aromatic N) is 1. The first-order valence-electron chi connectivity index (χ1n) is 6.79. The van der Waals surface area contributed by atoms with Crippen LogP contribution in [0.4, 0.5) is 4.39 Å². The Balaban J connectivity index is 2.01. The van der Waals surface area contributed by atoms with Crippen LogP contribution >= 0.6 is 15.9 Å². The molecule has 0 heterocycles. The molecule has 0 aliphatic heterocycles. The fourth-order valence-corrected chi connectivity index (χ4v) is 2.60. The summed E-state index contributed by atoms with van der Waals surface area (Å²) in [5, 5.41) is 0. The van der Waals surface area contributed by atoms with Gasteiger partial charge in [-0.15, -0.1) is 0 Å². The smallest absolute Gasteiger partial charge is 0.337 e. The number of esters is 1. The molecule has 0 aliphatic carbocycles. The van der Waals surface area contributed by atoms with Gasteiger partial charge in [-0.25, -0.2) is 9.18 Å². The van der Waals surface area contributed by atoms with E-state index >= 15 is 0 Å². The van der Waals surface area contributed by atoms with E-state index in [1.54, 1.807) is 24.3 Å². The van der Waals surface area contributed by atoms with E-state index in [-0.39, 0.29) is 11.8 Å². The standard InChI is InChI=1S/C17H17BrFNO2/c1-20(11-14-9-15(18)7-8-16(14)19)10-12-3-5-13(6-4-12)17(21)22-2/h3-9H,10-11H2,1-2H3. The average Bonchev–Trinajstić information content (AvgIpc) is 2.51. The van der Waals surface area contributed by atoms with Crippen molar-refractivity contribution in [3.05, 3.63) is 69.4 Å². The van der Waals surface area contributed by atoms with Crippen molar-refractivity contribution in [2.24, 2.45) is 0 Å². The summed E-state index contributed by atoms with van der Waals surface area (Å²) in [5.74, 6) is -0.563. The van der Waals surface area contributed by atoms with Gasteiger partial charge in [0.25, 0.3) is 0 Å². The maximum absolute atomic E-state index is 13.8. The second kappa shape index (κ2) is 7.51. The van der Waals surface area contributed by atoms with Crippen LogP contribution in [0, 0.1) is 5.82 Å². The highest BCUT2D eigenvalue weighted by molar-refractivity contribution is 9.10. The maximum atomic E-state index is 13.8. The van der Waals surface area contributed by atoms with E-state index in [1.807, 2.05) is 24.1 Å². The molecule has 22 heavy (non-hydrogen) atoms. The van der Waals surface area contributed by atoms with Gasteiger partial charge >= 0.3 is 5.97 Å². The number of methoxy groups -OCH3 is 1. The van der Waals surface area contributed by atoms with Gasteiger partial charge in [-0.2, -0.15) is 0 Å². The number of halogens is 2. The largest absolute Gasteiger partial charge is 0.465 e. The van der Waals surface area contributed by atoms with Crippen LogP contribution in [0.25, 0.3) is 0 Å². The third-order valence-corrected chi connectivity index (χ3v) is 3.77. The summed E-state index contributed by atoms with van der Waals surface area (Å²) in [6.07, 6.45) is 0. The van der Waals surface area contributed by atoms with Crippen molar-refractivity contribution in [1.29, 1.82) is 0 Å². The van der Waals surface area contributed by atoms with Crippen LogP contribution < -0.4 is 0 Å². The van der Waals surface area contributed by atoms with Crippen LogP contribution in [0.3, 0.4) is 0 Å². The molecule has 2 aromatic rings. The minimum atomic E-state index is -0.351. The molecule has 3 nitrogen and oxygen atoms in total. The van der Waals surface area contributed by atoms with E-state index in [0.29, 0.717) is 24.2 Å². The summed E-state index contributed by atoms with van der Waals surface area (Å²) in [5.41, 5.74) is 2.21. The van der Waals surface area contributed by atoms with Crippen molar-refractivity contribution >= 4 is 21.9 Å². The van der Waals surface area contributed by atoms with Crippen molar-refractivity contribution in [1.82, 2.24) is 4.90 Å². The van der Waals surface area contributed by atoms with Crippen LogP contribution in [-0.4, -0.2) is 25.0 Å². The molecule has 2 rings (SSSR count). The van der Waals surface area contributed by atoms with Gasteiger partial charge in [-0.05, 0) is 42.9 Å². The van der Waals surface area contributed by atoms with Gasteiger partial charge in [0, 0.05) is 23.1 Å². The Labute approximate surface area is 137 Å². The molecule has 0 saturated carbocycles. The lowest BCUT2D eigenvalue weighted by Crippen LogP contribution is -2.18. The van der Waals surface area contributed by atoms with Crippen molar-refractivity contribution in [3.8, 4) is 0 Å². The summed E-state index contributed by atoms with van der Waals surface area (Å²) in [6.45, 7) is 1.16. The fourth-order valence-electron chi connectivity index (χ4n) is 2.19. The van der Waals surface area contributed by atoms with Gasteiger partial charge in [-0.3, -0.25) is 4.90 Å². The molecule has 5 heteroatoms. The molecule has 0 aliphatic rings. The Bertz CT molecular complexity index is 658. The van der Waals surface area contributed by atoms with E-state index in [0.717, 1.165) is 10.0 Å². The molecule has 0 fully saturated rings. The lowest BCUT2D eigenvalue weighted by molar-refractivity contribution is 0.0600. The van der Waals surface area contributed by atoms with Crippen molar-refractivity contribution in [3.63, 3.8) is 0 Å². The van der Waals surface area contributed by atoms with Crippen LogP contribution in [0.15, 0.2) is 46.9 Å². The Kier molecular flexibility index (Phi) is 5.69. The molecule has 0 unspecified atom stereocenters. The first kappa shape index (κ1) is 16.6. The number of ether oxygens (including phenoxy) is 1. The Morgan fingerprint density at radius 3 is 2.50 bits per heavy atom. The normalized spacial score (nSPS) is 10.8. The predicted molar refractivity (Wildman–Crippen MR) is 87.1 cm³/mol. The Hall–Kier alpha value is -1.72. The summed E-state index contributed by atoms with van der Waals surface area (Å²) in [4.78, 5) is 13.4. The topological polar surface area (TPSA) is 29.5 Å². The molecule has 0 spiro atoms. The van der Waals surface area contributed by atoms with Gasteiger partial charge < -0.3 is 4.74 Å². The maximum Gasteiger partial charge on any atom is 0.337 e. The van der Waals surface area contributed by atoms with Crippen molar-refractivity contribution in [2.75, 3.05) is 14.2 Å². The van der Waals surface area contributed by atoms with Gasteiger partial charge in [0.1, 0.15) is 5.82 Å². The zero-order valence-corrected chi connectivity index (χ0v) is 14.1.